The topological polar surface area (TPSA) is 69.4 Å². The normalized spacial score (nSPS) is 10.8. The van der Waals surface area contributed by atoms with Gasteiger partial charge in [0.2, 0.25) is 11.6 Å². The predicted molar refractivity (Wildman–Crippen MR) is 40.7 cm³/mol. The van der Waals surface area contributed by atoms with Crippen LogP contribution in [0.25, 0.3) is 11.6 Å². The molecule has 2 rings (SSSR count). The number of halogens is 1. The molecular formula is C5H5ClN6. The average Bonchev–Trinajstić information content (AvgIpc) is 2.51. The summed E-state index contributed by atoms with van der Waals surface area (Å²) in [7, 11) is 0. The molecule has 2 heterocycles. The molecule has 7 heteroatoms. The summed E-state index contributed by atoms with van der Waals surface area (Å²) in [6.07, 6.45) is 1.40. The van der Waals surface area contributed by atoms with Crippen LogP contribution in [0.5, 0.6) is 0 Å². The molecule has 6 nitrogen and oxygen atoms in total. The van der Waals surface area contributed by atoms with Crippen molar-refractivity contribution in [2.45, 2.75) is 6.54 Å². The van der Waals surface area contributed by atoms with Gasteiger partial charge in [-0.3, -0.25) is 0 Å². The third-order valence-corrected chi connectivity index (χ3v) is 1.47. The Kier molecular flexibility index (Phi) is 1.83. The van der Waals surface area contributed by atoms with Gasteiger partial charge in [0.1, 0.15) is 6.33 Å². The highest BCUT2D eigenvalue weighted by atomic mass is 35.5. The van der Waals surface area contributed by atoms with Crippen LogP contribution in [0, 0.1) is 0 Å². The quantitative estimate of drug-likeness (QED) is 0.605. The lowest BCUT2D eigenvalue weighted by Gasteiger charge is -1.99. The van der Waals surface area contributed by atoms with E-state index in [0.29, 0.717) is 24.1 Å². The van der Waals surface area contributed by atoms with E-state index in [9.17, 15) is 0 Å². The van der Waals surface area contributed by atoms with Crippen molar-refractivity contribution in [1.29, 1.82) is 0 Å². The van der Waals surface area contributed by atoms with Crippen molar-refractivity contribution in [2.75, 3.05) is 5.88 Å². The van der Waals surface area contributed by atoms with E-state index in [1.807, 2.05) is 0 Å². The lowest BCUT2D eigenvalue weighted by molar-refractivity contribution is 0.503. The molecule has 2 aliphatic heterocycles. The summed E-state index contributed by atoms with van der Waals surface area (Å²) in [5.41, 5.74) is 0. The summed E-state index contributed by atoms with van der Waals surface area (Å²) >= 11 is 5.50. The van der Waals surface area contributed by atoms with E-state index >= 15 is 0 Å². The molecule has 0 unspecified atom stereocenters. The van der Waals surface area contributed by atoms with Gasteiger partial charge in [-0.15, -0.1) is 21.8 Å². The SMILES string of the molecule is ClCCn1nnc2ncnc-2n1. The van der Waals surface area contributed by atoms with Gasteiger partial charge in [0.25, 0.3) is 0 Å². The van der Waals surface area contributed by atoms with Crippen molar-refractivity contribution in [3.8, 4) is 11.6 Å². The van der Waals surface area contributed by atoms with Crippen LogP contribution >= 0.6 is 11.6 Å². The monoisotopic (exact) mass is 184 g/mol. The van der Waals surface area contributed by atoms with Gasteiger partial charge in [-0.1, -0.05) is 0 Å². The first-order valence-corrected chi connectivity index (χ1v) is 3.88. The minimum absolute atomic E-state index is 0.450. The molecule has 0 N–H and O–H groups in total. The summed E-state index contributed by atoms with van der Waals surface area (Å²) in [5, 5.41) is 11.5. The van der Waals surface area contributed by atoms with E-state index in [-0.39, 0.29) is 0 Å². The van der Waals surface area contributed by atoms with Gasteiger partial charge in [-0.2, -0.15) is 4.80 Å². The smallest absolute Gasteiger partial charge is 0.212 e. The zero-order chi connectivity index (χ0) is 8.39. The van der Waals surface area contributed by atoms with Crippen molar-refractivity contribution in [2.24, 2.45) is 0 Å². The third-order valence-electron chi connectivity index (χ3n) is 1.30. The molecule has 0 aromatic carbocycles. The molecule has 0 spiro atoms. The van der Waals surface area contributed by atoms with Crippen LogP contribution in [0.2, 0.25) is 0 Å². The summed E-state index contributed by atoms with van der Waals surface area (Å²) in [6, 6.07) is 0. The maximum Gasteiger partial charge on any atom is 0.224 e. The van der Waals surface area contributed by atoms with Crippen molar-refractivity contribution in [1.82, 2.24) is 30.2 Å². The van der Waals surface area contributed by atoms with Gasteiger partial charge in [-0.25, -0.2) is 9.97 Å². The average molecular weight is 185 g/mol. The molecule has 0 atom stereocenters. The zero-order valence-electron chi connectivity index (χ0n) is 6.05. The molecule has 2 aliphatic rings. The Labute approximate surface area is 72.9 Å². The number of fused-ring (bicyclic) bond motifs is 1. The number of hydrogen-bond donors (Lipinski definition) is 0. The maximum atomic E-state index is 5.50. The summed E-state index contributed by atoms with van der Waals surface area (Å²) in [6.45, 7) is 0.525. The van der Waals surface area contributed by atoms with E-state index in [4.69, 9.17) is 11.6 Å². The highest BCUT2D eigenvalue weighted by molar-refractivity contribution is 6.17. The Hall–Kier alpha value is -1.30. The van der Waals surface area contributed by atoms with Crippen molar-refractivity contribution < 1.29 is 0 Å². The van der Waals surface area contributed by atoms with Gasteiger partial charge < -0.3 is 0 Å². The van der Waals surface area contributed by atoms with E-state index < -0.39 is 0 Å². The number of imidazole rings is 1. The molecule has 0 aliphatic carbocycles. The molecule has 0 fully saturated rings. The van der Waals surface area contributed by atoms with Crippen molar-refractivity contribution in [3.63, 3.8) is 0 Å². The molecule has 0 amide bonds. The van der Waals surface area contributed by atoms with Gasteiger partial charge in [0.15, 0.2) is 0 Å². The second-order valence-electron chi connectivity index (χ2n) is 2.10. The van der Waals surface area contributed by atoms with E-state index in [0.717, 1.165) is 0 Å². The van der Waals surface area contributed by atoms with Gasteiger partial charge in [0.05, 0.1) is 6.54 Å². The van der Waals surface area contributed by atoms with Crippen LogP contribution in [0.1, 0.15) is 0 Å². The van der Waals surface area contributed by atoms with Crippen LogP contribution in [-0.2, 0) is 6.54 Å². The second-order valence-corrected chi connectivity index (χ2v) is 2.47. The van der Waals surface area contributed by atoms with E-state index in [1.54, 1.807) is 0 Å². The lowest BCUT2D eigenvalue weighted by Crippen LogP contribution is -2.13. The van der Waals surface area contributed by atoms with Crippen molar-refractivity contribution in [3.05, 3.63) is 6.33 Å². The van der Waals surface area contributed by atoms with Crippen LogP contribution in [-0.4, -0.2) is 36.1 Å². The minimum atomic E-state index is 0.450. The van der Waals surface area contributed by atoms with Crippen LogP contribution in [0.3, 0.4) is 0 Å². The second kappa shape index (κ2) is 2.98. The van der Waals surface area contributed by atoms with Gasteiger partial charge in [-0.05, 0) is 5.21 Å². The van der Waals surface area contributed by atoms with E-state index in [1.165, 1.54) is 11.1 Å². The first-order valence-electron chi connectivity index (χ1n) is 3.34. The molecule has 0 aromatic heterocycles. The number of nitrogens with zero attached hydrogens (tertiary/aromatic N) is 6. The van der Waals surface area contributed by atoms with E-state index in [2.05, 4.69) is 25.4 Å². The summed E-state index contributed by atoms with van der Waals surface area (Å²) in [5.74, 6) is 1.40. The Morgan fingerprint density at radius 2 is 2.17 bits per heavy atom. The zero-order valence-corrected chi connectivity index (χ0v) is 6.81. The van der Waals surface area contributed by atoms with Crippen LogP contribution in [0.15, 0.2) is 6.33 Å². The highest BCUT2D eigenvalue weighted by Gasteiger charge is 2.09. The number of alkyl halides is 1. The predicted octanol–water partition coefficient (Wildman–Crippen LogP) is -0.193. The maximum absolute atomic E-state index is 5.50. The molecular weight excluding hydrogens is 180 g/mol. The molecule has 12 heavy (non-hydrogen) atoms. The number of aromatic nitrogens is 6. The standard InChI is InChI=1S/C5H5ClN6/c6-1-2-12-10-5-4(9-11-12)7-3-8-5/h3H,1-2H2. The van der Waals surface area contributed by atoms with Crippen LogP contribution in [0.4, 0.5) is 0 Å². The largest absolute Gasteiger partial charge is 0.224 e. The molecule has 0 radical (unpaired) electrons. The molecule has 0 saturated carbocycles. The Balaban J connectivity index is 2.40. The lowest BCUT2D eigenvalue weighted by atomic mass is 10.6. The fraction of sp³-hybridized carbons (Fsp3) is 0.400. The van der Waals surface area contributed by atoms with Crippen molar-refractivity contribution >= 4 is 11.6 Å². The molecule has 0 bridgehead atoms. The summed E-state index contributed by atoms with van der Waals surface area (Å²) in [4.78, 5) is 9.09. The summed E-state index contributed by atoms with van der Waals surface area (Å²) < 4.78 is 0. The first kappa shape index (κ1) is 7.35. The Morgan fingerprint density at radius 3 is 3.00 bits per heavy atom. The Bertz CT molecular complexity index is 346. The van der Waals surface area contributed by atoms with Crippen LogP contribution < -0.4 is 0 Å². The number of aryl methyl sites for hydroxylation is 1. The fourth-order valence-corrected chi connectivity index (χ4v) is 0.940. The van der Waals surface area contributed by atoms with Gasteiger partial charge in [0, 0.05) is 5.88 Å². The fourth-order valence-electron chi connectivity index (χ4n) is 0.788. The van der Waals surface area contributed by atoms with Gasteiger partial charge >= 0.3 is 0 Å². The Morgan fingerprint density at radius 1 is 1.33 bits per heavy atom. The number of hydrogen-bond acceptors (Lipinski definition) is 5. The molecule has 0 saturated heterocycles. The highest BCUT2D eigenvalue weighted by Crippen LogP contribution is 2.05. The third kappa shape index (κ3) is 1.20. The minimum Gasteiger partial charge on any atom is -0.212 e. The first-order chi connectivity index (χ1) is 5.90. The molecule has 0 aromatic rings. The molecule has 62 valence electrons. The number of rotatable bonds is 2.